The zero-order valence-corrected chi connectivity index (χ0v) is 25.9. The van der Waals surface area contributed by atoms with Gasteiger partial charge in [-0.15, -0.1) is 0 Å². The van der Waals surface area contributed by atoms with Crippen LogP contribution in [0.2, 0.25) is 0 Å². The van der Waals surface area contributed by atoms with E-state index in [4.69, 9.17) is 5.73 Å². The highest BCUT2D eigenvalue weighted by Crippen LogP contribution is 2.52. The Hall–Kier alpha value is -4.25. The first kappa shape index (κ1) is 30.4. The molecule has 7 rings (SSSR count). The van der Waals surface area contributed by atoms with Gasteiger partial charge in [0.2, 0.25) is 5.91 Å². The summed E-state index contributed by atoms with van der Waals surface area (Å²) in [4.78, 5) is 71.5. The zero-order chi connectivity index (χ0) is 32.7. The molecular weight excluding hydrogens is 586 g/mol. The molecule has 1 aliphatic heterocycles. The number of carbonyl (C=O) groups excluding carboxylic acids is 5. The van der Waals surface area contributed by atoms with E-state index in [1.54, 1.807) is 20.2 Å². The minimum absolute atomic E-state index is 0.00526. The van der Waals surface area contributed by atoms with Crippen molar-refractivity contribution in [3.8, 4) is 16.9 Å². The van der Waals surface area contributed by atoms with Gasteiger partial charge in [-0.2, -0.15) is 0 Å². The van der Waals surface area contributed by atoms with E-state index in [9.17, 15) is 34.2 Å². The topological polar surface area (TPSA) is 158 Å². The van der Waals surface area contributed by atoms with Crippen LogP contribution in [-0.2, 0) is 32.1 Å². The molecule has 1 amide bonds. The van der Waals surface area contributed by atoms with Gasteiger partial charge in [0.25, 0.3) is 0 Å². The lowest BCUT2D eigenvalue weighted by molar-refractivity contribution is -0.181. The summed E-state index contributed by atoms with van der Waals surface area (Å²) in [6, 6.07) is 14.4. The van der Waals surface area contributed by atoms with E-state index in [0.717, 1.165) is 41.5 Å². The number of likely N-dealkylation sites (N-methyl/N-ethyl adjacent to an activating group) is 1. The quantitative estimate of drug-likeness (QED) is 0.363. The molecule has 2 saturated carbocycles. The summed E-state index contributed by atoms with van der Waals surface area (Å²) in [5, 5.41) is 25.0. The molecule has 0 spiro atoms. The van der Waals surface area contributed by atoms with E-state index >= 15 is 0 Å². The Morgan fingerprint density at radius 3 is 2.30 bits per heavy atom. The molecule has 10 heteroatoms. The molecule has 4 aliphatic rings. The maximum Gasteiger partial charge on any atom is 0.235 e. The van der Waals surface area contributed by atoms with Crippen molar-refractivity contribution in [2.75, 3.05) is 27.2 Å². The van der Waals surface area contributed by atoms with E-state index in [1.807, 2.05) is 24.3 Å². The first-order chi connectivity index (χ1) is 21.9. The summed E-state index contributed by atoms with van der Waals surface area (Å²) < 4.78 is 0. The number of ketones is 4. The number of nitrogens with zero attached hydrogens (tertiary/aromatic N) is 2. The number of hydrogen-bond acceptors (Lipinski definition) is 9. The number of aromatic hydroxyl groups is 1. The second kappa shape index (κ2) is 10.9. The number of amides is 1. The van der Waals surface area contributed by atoms with Gasteiger partial charge in [-0.3, -0.25) is 33.8 Å². The number of aliphatic hydroxyl groups is 1. The number of phenolic OH excluding ortho intramolecular Hbond substituents is 1. The molecule has 238 valence electrons. The molecule has 3 aliphatic carbocycles. The Bertz CT molecular complexity index is 1840. The van der Waals surface area contributed by atoms with Crippen LogP contribution in [0.15, 0.2) is 48.5 Å². The summed E-state index contributed by atoms with van der Waals surface area (Å²) in [6.45, 7) is 2.97. The van der Waals surface area contributed by atoms with Crippen molar-refractivity contribution >= 4 is 39.8 Å². The van der Waals surface area contributed by atoms with Crippen molar-refractivity contribution < 1.29 is 34.2 Å². The molecule has 3 aromatic carbocycles. The number of primary amides is 1. The molecule has 2 unspecified atom stereocenters. The Balaban J connectivity index is 1.34. The van der Waals surface area contributed by atoms with Gasteiger partial charge in [0.1, 0.15) is 5.75 Å². The average molecular weight is 624 g/mol. The molecule has 3 aromatic rings. The van der Waals surface area contributed by atoms with Crippen LogP contribution in [0.1, 0.15) is 40.7 Å². The number of carbonyl (C=O) groups is 5. The average Bonchev–Trinajstić information content (AvgIpc) is 3.52. The highest BCUT2D eigenvalue weighted by Gasteiger charge is 2.69. The van der Waals surface area contributed by atoms with Gasteiger partial charge in [0.15, 0.2) is 34.7 Å². The summed E-state index contributed by atoms with van der Waals surface area (Å²) in [5.74, 6) is -10.5. The predicted octanol–water partition coefficient (Wildman–Crippen LogP) is 2.28. The molecule has 0 aromatic heterocycles. The fourth-order valence-electron chi connectivity index (χ4n) is 8.77. The van der Waals surface area contributed by atoms with Gasteiger partial charge in [-0.25, -0.2) is 0 Å². The van der Waals surface area contributed by atoms with Crippen molar-refractivity contribution in [1.82, 2.24) is 9.80 Å². The summed E-state index contributed by atoms with van der Waals surface area (Å²) in [6.07, 6.45) is 2.60. The fourth-order valence-corrected chi connectivity index (χ4v) is 8.77. The van der Waals surface area contributed by atoms with E-state index in [-0.39, 0.29) is 24.2 Å². The van der Waals surface area contributed by atoms with Crippen LogP contribution in [0.25, 0.3) is 21.9 Å². The Kier molecular flexibility index (Phi) is 7.23. The minimum atomic E-state index is -2.74. The lowest BCUT2D eigenvalue weighted by Crippen LogP contribution is -2.74. The number of fused-ring (bicyclic) bond motifs is 4. The molecule has 0 radical (unpaired) electrons. The van der Waals surface area contributed by atoms with E-state index in [2.05, 4.69) is 17.0 Å². The fraction of sp³-hybridized carbons (Fsp3) is 0.417. The van der Waals surface area contributed by atoms with Crippen molar-refractivity contribution in [1.29, 1.82) is 0 Å². The van der Waals surface area contributed by atoms with Crippen LogP contribution in [0.4, 0.5) is 0 Å². The number of phenols is 1. The van der Waals surface area contributed by atoms with Gasteiger partial charge in [-0.1, -0.05) is 42.5 Å². The lowest BCUT2D eigenvalue weighted by atomic mass is 9.52. The second-order valence-corrected chi connectivity index (χ2v) is 13.6. The van der Waals surface area contributed by atoms with Crippen LogP contribution < -0.4 is 5.73 Å². The predicted molar refractivity (Wildman–Crippen MR) is 169 cm³/mol. The van der Waals surface area contributed by atoms with E-state index < -0.39 is 64.4 Å². The van der Waals surface area contributed by atoms with Crippen molar-refractivity contribution in [2.45, 2.75) is 43.9 Å². The third-order valence-electron chi connectivity index (χ3n) is 10.8. The molecule has 10 nitrogen and oxygen atoms in total. The van der Waals surface area contributed by atoms with Gasteiger partial charge < -0.3 is 15.9 Å². The van der Waals surface area contributed by atoms with Gasteiger partial charge in [0, 0.05) is 12.5 Å². The van der Waals surface area contributed by atoms with Crippen LogP contribution in [0, 0.1) is 23.7 Å². The Labute approximate surface area is 266 Å². The smallest absolute Gasteiger partial charge is 0.235 e. The number of hydrogen-bond donors (Lipinski definition) is 3. The molecule has 4 N–H and O–H groups in total. The van der Waals surface area contributed by atoms with E-state index in [0.29, 0.717) is 5.56 Å². The lowest BCUT2D eigenvalue weighted by Gasteiger charge is -2.52. The van der Waals surface area contributed by atoms with Crippen molar-refractivity contribution in [3.05, 3.63) is 65.2 Å². The van der Waals surface area contributed by atoms with Crippen LogP contribution in [-0.4, -0.2) is 87.9 Å². The third kappa shape index (κ3) is 4.30. The summed E-state index contributed by atoms with van der Waals surface area (Å²) >= 11 is 0. The van der Waals surface area contributed by atoms with Crippen LogP contribution in [0.5, 0.6) is 5.75 Å². The highest BCUT2D eigenvalue weighted by atomic mass is 16.3. The molecule has 1 saturated heterocycles. The largest absolute Gasteiger partial charge is 0.507 e. The molecule has 3 fully saturated rings. The molecular formula is C36H37N3O7. The van der Waals surface area contributed by atoms with Gasteiger partial charge >= 0.3 is 0 Å². The first-order valence-corrected chi connectivity index (χ1v) is 15.9. The van der Waals surface area contributed by atoms with Crippen molar-refractivity contribution in [2.24, 2.45) is 29.4 Å². The van der Waals surface area contributed by atoms with Gasteiger partial charge in [-0.05, 0) is 97.9 Å². The van der Waals surface area contributed by atoms with Crippen LogP contribution in [0.3, 0.4) is 0 Å². The maximum absolute atomic E-state index is 14.2. The van der Waals surface area contributed by atoms with E-state index in [1.165, 1.54) is 29.4 Å². The molecule has 46 heavy (non-hydrogen) atoms. The highest BCUT2D eigenvalue weighted by molar-refractivity contribution is 6.32. The number of rotatable bonds is 5. The molecule has 6 atom stereocenters. The Morgan fingerprint density at radius 1 is 0.957 bits per heavy atom. The standard InChI is InChI=1S/C36H37N3O7/c1-38(2)30-25-16-19-15-24-23(22-10-9-18(17-39-13-5-6-14-39)20-7-3-4-8-21(20)22)11-12-26(40)28(24)31(41)27(19)33(43)36(25,46)34(44)29(32(30)42)35(37)45/h3-4,7-12,19,25,27,29-30,40,46H,5-6,13-17H2,1-2H3,(H2,37,45)/t19-,25-,27?,29?,30+,36-/m0/s1. The number of Topliss-reactive ketones (excluding diaryl/α,β-unsaturated/α-hetero) is 4. The zero-order valence-electron chi connectivity index (χ0n) is 25.9. The normalized spacial score (nSPS) is 29.6. The molecule has 0 bridgehead atoms. The number of benzene rings is 3. The summed E-state index contributed by atoms with van der Waals surface area (Å²) in [7, 11) is 3.15. The Morgan fingerprint density at radius 2 is 1.63 bits per heavy atom. The maximum atomic E-state index is 14.2. The molecule has 1 heterocycles. The number of likely N-dealkylation sites (tertiary alicyclic amines) is 1. The van der Waals surface area contributed by atoms with Gasteiger partial charge in [0.05, 0.1) is 17.5 Å². The monoisotopic (exact) mass is 623 g/mol. The SMILES string of the molecule is CN(C)[C@H]1C(=O)C(C(N)=O)C(=O)[C@@]2(O)C(=O)C3C(=O)c4c(O)ccc(-c5ccc(CN6CCCC6)c6ccccc56)c4C[C@H]3C[C@@H]12. The summed E-state index contributed by atoms with van der Waals surface area (Å²) in [5.41, 5.74) is 6.11. The minimum Gasteiger partial charge on any atom is -0.507 e. The van der Waals surface area contributed by atoms with Crippen LogP contribution >= 0.6 is 0 Å². The van der Waals surface area contributed by atoms with Crippen molar-refractivity contribution in [3.63, 3.8) is 0 Å². The third-order valence-corrected chi connectivity index (χ3v) is 10.8. The first-order valence-electron chi connectivity index (χ1n) is 15.9. The number of nitrogens with two attached hydrogens (primary N) is 1. The second-order valence-electron chi connectivity index (χ2n) is 13.6.